The van der Waals surface area contributed by atoms with E-state index in [1.54, 1.807) is 0 Å². The van der Waals surface area contributed by atoms with Crippen molar-refractivity contribution in [2.45, 2.75) is 45.3 Å². The smallest absolute Gasteiger partial charge is 0.0608 e. The summed E-state index contributed by atoms with van der Waals surface area (Å²) >= 11 is 0. The van der Waals surface area contributed by atoms with E-state index in [4.69, 9.17) is 15.6 Å². The molecule has 12 heavy (non-hydrogen) atoms. The Morgan fingerprint density at radius 3 is 2.50 bits per heavy atom. The molecule has 0 fully saturated rings. The first-order chi connectivity index (χ1) is 5.48. The Morgan fingerprint density at radius 1 is 1.50 bits per heavy atom. The molecule has 0 saturated carbocycles. The van der Waals surface area contributed by atoms with Crippen LogP contribution >= 0.6 is 0 Å². The van der Waals surface area contributed by atoms with Crippen LogP contribution in [0.3, 0.4) is 0 Å². The Labute approximate surface area is 74.9 Å². The van der Waals surface area contributed by atoms with Gasteiger partial charge >= 0.3 is 0 Å². The third kappa shape index (κ3) is 6.58. The zero-order valence-corrected chi connectivity index (χ0v) is 8.34. The van der Waals surface area contributed by atoms with Crippen LogP contribution in [0, 0.1) is 0 Å². The van der Waals surface area contributed by atoms with Crippen LogP contribution in [0.25, 0.3) is 0 Å². The summed E-state index contributed by atoms with van der Waals surface area (Å²) in [4.78, 5) is 0. The predicted molar refractivity (Wildman–Crippen MR) is 50.0 cm³/mol. The molecule has 0 aliphatic rings. The highest BCUT2D eigenvalue weighted by Crippen LogP contribution is 2.07. The van der Waals surface area contributed by atoms with Crippen LogP contribution in [0.5, 0.6) is 0 Å². The molecule has 3 heteroatoms. The first-order valence-electron chi connectivity index (χ1n) is 4.49. The molecule has 3 nitrogen and oxygen atoms in total. The quantitative estimate of drug-likeness (QED) is 0.590. The molecular weight excluding hydrogens is 154 g/mol. The SMILES string of the molecule is CC(C)OCCCC(C)(N)CO. The molecule has 0 aliphatic heterocycles. The minimum absolute atomic E-state index is 0.0364. The largest absolute Gasteiger partial charge is 0.394 e. The maximum Gasteiger partial charge on any atom is 0.0608 e. The first kappa shape index (κ1) is 11.9. The number of aliphatic hydroxyl groups is 1. The maximum atomic E-state index is 8.84. The number of ether oxygens (including phenoxy) is 1. The fourth-order valence-corrected chi connectivity index (χ4v) is 0.874. The molecule has 0 amide bonds. The predicted octanol–water partition coefficient (Wildman–Crippen LogP) is 0.901. The van der Waals surface area contributed by atoms with E-state index in [1.807, 2.05) is 20.8 Å². The van der Waals surface area contributed by atoms with Crippen LogP contribution < -0.4 is 5.73 Å². The maximum absolute atomic E-state index is 8.84. The van der Waals surface area contributed by atoms with Gasteiger partial charge in [-0.05, 0) is 33.6 Å². The summed E-state index contributed by atoms with van der Waals surface area (Å²) < 4.78 is 5.34. The van der Waals surface area contributed by atoms with E-state index in [9.17, 15) is 0 Å². The van der Waals surface area contributed by atoms with Crippen LogP contribution in [0.2, 0.25) is 0 Å². The fourth-order valence-electron chi connectivity index (χ4n) is 0.874. The third-order valence-corrected chi connectivity index (χ3v) is 1.70. The van der Waals surface area contributed by atoms with E-state index in [1.165, 1.54) is 0 Å². The molecule has 0 saturated heterocycles. The fraction of sp³-hybridized carbons (Fsp3) is 1.00. The molecule has 3 N–H and O–H groups in total. The van der Waals surface area contributed by atoms with Gasteiger partial charge in [-0.1, -0.05) is 0 Å². The lowest BCUT2D eigenvalue weighted by atomic mass is 9.99. The van der Waals surface area contributed by atoms with Crippen LogP contribution in [0.15, 0.2) is 0 Å². The highest BCUT2D eigenvalue weighted by Gasteiger charge is 2.15. The van der Waals surface area contributed by atoms with Gasteiger partial charge in [-0.25, -0.2) is 0 Å². The highest BCUT2D eigenvalue weighted by atomic mass is 16.5. The zero-order valence-electron chi connectivity index (χ0n) is 8.34. The van der Waals surface area contributed by atoms with Gasteiger partial charge in [-0.2, -0.15) is 0 Å². The molecule has 0 aromatic carbocycles. The van der Waals surface area contributed by atoms with Gasteiger partial charge in [0, 0.05) is 12.1 Å². The molecular formula is C9H21NO2. The average molecular weight is 175 g/mol. The van der Waals surface area contributed by atoms with Crippen molar-refractivity contribution in [2.75, 3.05) is 13.2 Å². The molecule has 0 aromatic heterocycles. The number of rotatable bonds is 6. The molecule has 0 rings (SSSR count). The van der Waals surface area contributed by atoms with E-state index < -0.39 is 5.54 Å². The van der Waals surface area contributed by atoms with Crippen molar-refractivity contribution >= 4 is 0 Å². The topological polar surface area (TPSA) is 55.5 Å². The molecule has 74 valence electrons. The lowest BCUT2D eigenvalue weighted by molar-refractivity contribution is 0.0700. The van der Waals surface area contributed by atoms with Gasteiger partial charge in [-0.3, -0.25) is 0 Å². The molecule has 0 heterocycles. The number of hydrogen-bond acceptors (Lipinski definition) is 3. The summed E-state index contributed by atoms with van der Waals surface area (Å²) in [5.41, 5.74) is 5.28. The zero-order chi connectivity index (χ0) is 9.61. The second kappa shape index (κ2) is 5.51. The Bertz CT molecular complexity index is 113. The van der Waals surface area contributed by atoms with Crippen molar-refractivity contribution in [3.63, 3.8) is 0 Å². The van der Waals surface area contributed by atoms with E-state index in [-0.39, 0.29) is 12.7 Å². The molecule has 0 bridgehead atoms. The van der Waals surface area contributed by atoms with Gasteiger partial charge in [-0.15, -0.1) is 0 Å². The minimum atomic E-state index is -0.444. The Hall–Kier alpha value is -0.120. The molecule has 0 aliphatic carbocycles. The van der Waals surface area contributed by atoms with Crippen molar-refractivity contribution in [2.24, 2.45) is 5.73 Å². The Balaban J connectivity index is 3.31. The van der Waals surface area contributed by atoms with Crippen molar-refractivity contribution < 1.29 is 9.84 Å². The lowest BCUT2D eigenvalue weighted by Gasteiger charge is -2.21. The van der Waals surface area contributed by atoms with Gasteiger partial charge in [0.2, 0.25) is 0 Å². The number of hydrogen-bond donors (Lipinski definition) is 2. The van der Waals surface area contributed by atoms with E-state index >= 15 is 0 Å². The highest BCUT2D eigenvalue weighted by molar-refractivity contribution is 4.76. The van der Waals surface area contributed by atoms with Crippen LogP contribution in [-0.4, -0.2) is 30.0 Å². The van der Waals surface area contributed by atoms with Crippen molar-refractivity contribution in [3.8, 4) is 0 Å². The van der Waals surface area contributed by atoms with Crippen LogP contribution in [-0.2, 0) is 4.74 Å². The second-order valence-corrected chi connectivity index (χ2v) is 3.84. The Kier molecular flexibility index (Phi) is 5.46. The van der Waals surface area contributed by atoms with Gasteiger partial charge in [0.25, 0.3) is 0 Å². The van der Waals surface area contributed by atoms with Crippen molar-refractivity contribution in [1.82, 2.24) is 0 Å². The summed E-state index contributed by atoms with van der Waals surface area (Å²) in [5.74, 6) is 0. The summed E-state index contributed by atoms with van der Waals surface area (Å²) in [5, 5.41) is 8.84. The van der Waals surface area contributed by atoms with Gasteiger partial charge in [0.05, 0.1) is 12.7 Å². The third-order valence-electron chi connectivity index (χ3n) is 1.70. The molecule has 0 radical (unpaired) electrons. The van der Waals surface area contributed by atoms with Crippen molar-refractivity contribution in [1.29, 1.82) is 0 Å². The van der Waals surface area contributed by atoms with Gasteiger partial charge in [0.15, 0.2) is 0 Å². The monoisotopic (exact) mass is 175 g/mol. The summed E-state index contributed by atoms with van der Waals surface area (Å²) in [6.45, 7) is 6.63. The van der Waals surface area contributed by atoms with Crippen LogP contribution in [0.4, 0.5) is 0 Å². The van der Waals surface area contributed by atoms with Gasteiger partial charge < -0.3 is 15.6 Å². The molecule has 0 spiro atoms. The van der Waals surface area contributed by atoms with Crippen molar-refractivity contribution in [3.05, 3.63) is 0 Å². The van der Waals surface area contributed by atoms with Crippen LogP contribution in [0.1, 0.15) is 33.6 Å². The minimum Gasteiger partial charge on any atom is -0.394 e. The Morgan fingerprint density at radius 2 is 2.08 bits per heavy atom. The molecule has 0 aromatic rings. The van der Waals surface area contributed by atoms with E-state index in [0.717, 1.165) is 19.4 Å². The molecule has 1 unspecified atom stereocenters. The van der Waals surface area contributed by atoms with E-state index in [2.05, 4.69) is 0 Å². The van der Waals surface area contributed by atoms with Gasteiger partial charge in [0.1, 0.15) is 0 Å². The normalized spacial score (nSPS) is 16.5. The van der Waals surface area contributed by atoms with E-state index in [0.29, 0.717) is 0 Å². The summed E-state index contributed by atoms with van der Waals surface area (Å²) in [6, 6.07) is 0. The summed E-state index contributed by atoms with van der Waals surface area (Å²) in [7, 11) is 0. The number of nitrogens with two attached hydrogens (primary N) is 1. The summed E-state index contributed by atoms with van der Waals surface area (Å²) in [6.07, 6.45) is 1.99. The molecule has 1 atom stereocenters. The second-order valence-electron chi connectivity index (χ2n) is 3.84. The standard InChI is InChI=1S/C9H21NO2/c1-8(2)12-6-4-5-9(3,10)7-11/h8,11H,4-7,10H2,1-3H3. The average Bonchev–Trinajstić information content (AvgIpc) is 1.98. The number of aliphatic hydroxyl groups excluding tert-OH is 1. The lowest BCUT2D eigenvalue weighted by Crippen LogP contribution is -2.40. The first-order valence-corrected chi connectivity index (χ1v) is 4.49.